The first-order valence-corrected chi connectivity index (χ1v) is 7.55. The summed E-state index contributed by atoms with van der Waals surface area (Å²) in [6.45, 7) is 0. The summed E-state index contributed by atoms with van der Waals surface area (Å²) in [5, 5.41) is 1.97. The van der Waals surface area contributed by atoms with Gasteiger partial charge in [0.05, 0.1) is 11.4 Å². The number of imidazole rings is 1. The molecule has 0 saturated carbocycles. The van der Waals surface area contributed by atoms with Crippen LogP contribution in [0.15, 0.2) is 54.0 Å². The summed E-state index contributed by atoms with van der Waals surface area (Å²) in [6, 6.07) is 12.0. The molecule has 0 atom stereocenters. The number of halogens is 1. The van der Waals surface area contributed by atoms with Crippen molar-refractivity contribution in [3.8, 4) is 22.6 Å². The number of nitrogens with zero attached hydrogens (tertiary/aromatic N) is 3. The Morgan fingerprint density at radius 3 is 2.64 bits per heavy atom. The van der Waals surface area contributed by atoms with Crippen LogP contribution in [-0.2, 0) is 0 Å². The first-order valence-electron chi connectivity index (χ1n) is 6.67. The minimum absolute atomic E-state index is 0.261. The van der Waals surface area contributed by atoms with Crippen LogP contribution in [0.1, 0.15) is 0 Å². The van der Waals surface area contributed by atoms with E-state index in [0.717, 1.165) is 21.9 Å². The lowest BCUT2D eigenvalue weighted by atomic mass is 10.2. The normalized spacial score (nSPS) is 11.1. The second-order valence-corrected chi connectivity index (χ2v) is 5.64. The number of hydrogen-bond donors (Lipinski definition) is 1. The van der Waals surface area contributed by atoms with Gasteiger partial charge in [-0.1, -0.05) is 6.07 Å². The molecule has 6 heteroatoms. The molecule has 4 nitrogen and oxygen atoms in total. The number of pyridine rings is 1. The van der Waals surface area contributed by atoms with Crippen LogP contribution in [0, 0.1) is 5.82 Å². The highest BCUT2D eigenvalue weighted by Crippen LogP contribution is 2.33. The predicted octanol–water partition coefficient (Wildman–Crippen LogP) is 3.85. The second-order valence-electron chi connectivity index (χ2n) is 4.81. The first-order chi connectivity index (χ1) is 10.7. The topological polar surface area (TPSA) is 56.2 Å². The average Bonchev–Trinajstić information content (AvgIpc) is 3.10. The molecule has 22 heavy (non-hydrogen) atoms. The monoisotopic (exact) mass is 310 g/mol. The fourth-order valence-electron chi connectivity index (χ4n) is 2.39. The third-order valence-corrected chi connectivity index (χ3v) is 4.27. The summed E-state index contributed by atoms with van der Waals surface area (Å²) < 4.78 is 15.0. The van der Waals surface area contributed by atoms with E-state index in [4.69, 9.17) is 5.73 Å². The Morgan fingerprint density at radius 2 is 1.91 bits per heavy atom. The van der Waals surface area contributed by atoms with Crippen molar-refractivity contribution in [2.75, 3.05) is 5.73 Å². The number of hydrogen-bond acceptors (Lipinski definition) is 4. The lowest BCUT2D eigenvalue weighted by Gasteiger charge is -2.02. The molecule has 0 aliphatic rings. The SMILES string of the molecule is Nc1c(-c2ccccn2)nc2scc(-c3ccc(F)cc3)n12. The van der Waals surface area contributed by atoms with Crippen LogP contribution < -0.4 is 5.73 Å². The standard InChI is InChI=1S/C16H11FN4S/c17-11-6-4-10(5-7-11)13-9-22-16-20-14(15(18)21(13)16)12-3-1-2-8-19-12/h1-9H,18H2. The van der Waals surface area contributed by atoms with Crippen LogP contribution in [0.3, 0.4) is 0 Å². The molecule has 0 spiro atoms. The highest BCUT2D eigenvalue weighted by atomic mass is 32.1. The minimum atomic E-state index is -0.261. The molecule has 0 amide bonds. The van der Waals surface area contributed by atoms with E-state index in [1.165, 1.54) is 23.5 Å². The van der Waals surface area contributed by atoms with Crippen LogP contribution in [0.4, 0.5) is 10.2 Å². The van der Waals surface area contributed by atoms with Gasteiger partial charge in [0.1, 0.15) is 17.3 Å². The molecule has 0 saturated heterocycles. The van der Waals surface area contributed by atoms with Crippen molar-refractivity contribution in [3.63, 3.8) is 0 Å². The van der Waals surface area contributed by atoms with Gasteiger partial charge in [-0.3, -0.25) is 9.38 Å². The van der Waals surface area contributed by atoms with E-state index in [9.17, 15) is 4.39 Å². The van der Waals surface area contributed by atoms with Gasteiger partial charge in [-0.15, -0.1) is 11.3 Å². The molecule has 4 rings (SSSR count). The van der Waals surface area contributed by atoms with E-state index in [1.54, 1.807) is 18.3 Å². The van der Waals surface area contributed by atoms with Crippen molar-refractivity contribution in [2.24, 2.45) is 0 Å². The van der Waals surface area contributed by atoms with Gasteiger partial charge in [-0.05, 0) is 42.0 Å². The second kappa shape index (κ2) is 4.92. The van der Waals surface area contributed by atoms with E-state index >= 15 is 0 Å². The molecule has 2 N–H and O–H groups in total. The van der Waals surface area contributed by atoms with Crippen LogP contribution in [0.2, 0.25) is 0 Å². The molecular formula is C16H11FN4S. The van der Waals surface area contributed by atoms with Crippen molar-refractivity contribution in [2.45, 2.75) is 0 Å². The van der Waals surface area contributed by atoms with Crippen LogP contribution in [0.25, 0.3) is 27.6 Å². The highest BCUT2D eigenvalue weighted by molar-refractivity contribution is 7.15. The Balaban J connectivity index is 1.92. The van der Waals surface area contributed by atoms with Gasteiger partial charge in [-0.2, -0.15) is 0 Å². The molecule has 3 aromatic heterocycles. The van der Waals surface area contributed by atoms with Gasteiger partial charge in [0, 0.05) is 11.6 Å². The van der Waals surface area contributed by atoms with Crippen LogP contribution in [-0.4, -0.2) is 14.4 Å². The summed E-state index contributed by atoms with van der Waals surface area (Å²) in [5.74, 6) is 0.275. The van der Waals surface area contributed by atoms with Crippen molar-refractivity contribution < 1.29 is 4.39 Å². The molecule has 0 radical (unpaired) electrons. The third kappa shape index (κ3) is 1.96. The summed E-state index contributed by atoms with van der Waals surface area (Å²) >= 11 is 1.49. The zero-order chi connectivity index (χ0) is 15.1. The molecule has 0 aliphatic carbocycles. The third-order valence-electron chi connectivity index (χ3n) is 3.45. The van der Waals surface area contributed by atoms with Gasteiger partial charge in [0.15, 0.2) is 4.96 Å². The average molecular weight is 310 g/mol. The Bertz CT molecular complexity index is 942. The summed E-state index contributed by atoms with van der Waals surface area (Å²) in [7, 11) is 0. The lowest BCUT2D eigenvalue weighted by molar-refractivity contribution is 0.628. The van der Waals surface area contributed by atoms with E-state index in [2.05, 4.69) is 9.97 Å². The number of aromatic nitrogens is 3. The molecule has 0 unspecified atom stereocenters. The largest absolute Gasteiger partial charge is 0.383 e. The Hall–Kier alpha value is -2.73. The van der Waals surface area contributed by atoms with Crippen molar-refractivity contribution >= 4 is 22.1 Å². The maximum absolute atomic E-state index is 13.1. The fraction of sp³-hybridized carbons (Fsp3) is 0. The molecule has 0 aliphatic heterocycles. The van der Waals surface area contributed by atoms with Crippen molar-refractivity contribution in [3.05, 3.63) is 59.9 Å². The maximum atomic E-state index is 13.1. The smallest absolute Gasteiger partial charge is 0.196 e. The first kappa shape index (κ1) is 13.0. The predicted molar refractivity (Wildman–Crippen MR) is 86.1 cm³/mol. The van der Waals surface area contributed by atoms with Crippen molar-refractivity contribution in [1.29, 1.82) is 0 Å². The highest BCUT2D eigenvalue weighted by Gasteiger charge is 2.17. The van der Waals surface area contributed by atoms with Gasteiger partial charge >= 0.3 is 0 Å². The zero-order valence-electron chi connectivity index (χ0n) is 11.4. The molecule has 3 heterocycles. The van der Waals surface area contributed by atoms with Gasteiger partial charge in [0.25, 0.3) is 0 Å². The van der Waals surface area contributed by atoms with Gasteiger partial charge < -0.3 is 5.73 Å². The molecule has 4 aromatic rings. The van der Waals surface area contributed by atoms with E-state index < -0.39 is 0 Å². The van der Waals surface area contributed by atoms with Gasteiger partial charge in [-0.25, -0.2) is 9.37 Å². The molecular weight excluding hydrogens is 299 g/mol. The quantitative estimate of drug-likeness (QED) is 0.612. The lowest BCUT2D eigenvalue weighted by Crippen LogP contribution is -1.96. The molecule has 0 bridgehead atoms. The number of nitrogen functional groups attached to an aromatic ring is 1. The zero-order valence-corrected chi connectivity index (χ0v) is 12.2. The number of thiazole rings is 1. The molecule has 1 aromatic carbocycles. The maximum Gasteiger partial charge on any atom is 0.196 e. The van der Waals surface area contributed by atoms with E-state index in [1.807, 2.05) is 28.0 Å². The van der Waals surface area contributed by atoms with E-state index in [-0.39, 0.29) is 5.82 Å². The van der Waals surface area contributed by atoms with Crippen LogP contribution in [0.5, 0.6) is 0 Å². The Kier molecular flexibility index (Phi) is 2.90. The number of nitrogens with two attached hydrogens (primary N) is 1. The fourth-order valence-corrected chi connectivity index (χ4v) is 3.30. The van der Waals surface area contributed by atoms with E-state index in [0.29, 0.717) is 11.5 Å². The number of benzene rings is 1. The molecule has 108 valence electrons. The summed E-state index contributed by atoms with van der Waals surface area (Å²) in [5.41, 5.74) is 9.46. The number of fused-ring (bicyclic) bond motifs is 1. The Labute approximate surface area is 129 Å². The summed E-state index contributed by atoms with van der Waals surface area (Å²) in [4.78, 5) is 9.65. The summed E-state index contributed by atoms with van der Waals surface area (Å²) in [6.07, 6.45) is 1.71. The van der Waals surface area contributed by atoms with Gasteiger partial charge in [0.2, 0.25) is 0 Å². The van der Waals surface area contributed by atoms with Crippen molar-refractivity contribution in [1.82, 2.24) is 14.4 Å². The number of rotatable bonds is 2. The Morgan fingerprint density at radius 1 is 1.09 bits per heavy atom. The number of anilines is 1. The minimum Gasteiger partial charge on any atom is -0.383 e. The van der Waals surface area contributed by atoms with Crippen LogP contribution >= 0.6 is 11.3 Å². The molecule has 0 fully saturated rings.